The summed E-state index contributed by atoms with van der Waals surface area (Å²) < 4.78 is 28.6. The van der Waals surface area contributed by atoms with Gasteiger partial charge in [0.1, 0.15) is 6.10 Å². The zero-order valence-electron chi connectivity index (χ0n) is 10.6. The summed E-state index contributed by atoms with van der Waals surface area (Å²) in [5.74, 6) is 0.0267. The van der Waals surface area contributed by atoms with Crippen LogP contribution in [0.15, 0.2) is 0 Å². The van der Waals surface area contributed by atoms with Gasteiger partial charge < -0.3 is 4.74 Å². The number of fused-ring (bicyclic) bond motifs is 2. The predicted octanol–water partition coefficient (Wildman–Crippen LogP) is 1.54. The van der Waals surface area contributed by atoms with Crippen LogP contribution in [0.1, 0.15) is 40.0 Å². The Kier molecular flexibility index (Phi) is 3.00. The normalized spacial score (nSPS) is 34.9. The molecule has 98 valence electrons. The van der Waals surface area contributed by atoms with Crippen molar-refractivity contribution < 1.29 is 17.9 Å². The Bertz CT molecular complexity index is 424. The Balaban J connectivity index is 1.99. The third kappa shape index (κ3) is 2.21. The molecule has 2 bridgehead atoms. The van der Waals surface area contributed by atoms with Gasteiger partial charge in [-0.05, 0) is 26.7 Å². The summed E-state index contributed by atoms with van der Waals surface area (Å²) in [7, 11) is -2.89. The van der Waals surface area contributed by atoms with Crippen molar-refractivity contribution in [1.82, 2.24) is 0 Å². The van der Waals surface area contributed by atoms with Gasteiger partial charge >= 0.3 is 5.97 Å². The molecule has 1 aliphatic heterocycles. The lowest BCUT2D eigenvalue weighted by Gasteiger charge is -2.27. The van der Waals surface area contributed by atoms with Gasteiger partial charge in [-0.1, -0.05) is 6.92 Å². The molecule has 2 rings (SSSR count). The van der Waals surface area contributed by atoms with E-state index in [1.54, 1.807) is 0 Å². The van der Waals surface area contributed by atoms with Crippen LogP contribution in [-0.4, -0.2) is 31.5 Å². The van der Waals surface area contributed by atoms with E-state index in [1.807, 2.05) is 20.8 Å². The summed E-state index contributed by atoms with van der Waals surface area (Å²) in [5, 5.41) is -0.268. The largest absolute Gasteiger partial charge is 0.462 e. The smallest absolute Gasteiger partial charge is 0.311 e. The second kappa shape index (κ2) is 3.97. The quantitative estimate of drug-likeness (QED) is 0.722. The van der Waals surface area contributed by atoms with Crippen LogP contribution in [-0.2, 0) is 19.4 Å². The van der Waals surface area contributed by atoms with Gasteiger partial charge in [0.15, 0.2) is 9.84 Å². The van der Waals surface area contributed by atoms with Gasteiger partial charge in [-0.15, -0.1) is 0 Å². The lowest BCUT2D eigenvalue weighted by Crippen LogP contribution is -2.36. The Morgan fingerprint density at radius 2 is 2.00 bits per heavy atom. The minimum absolute atomic E-state index is 0.0293. The van der Waals surface area contributed by atoms with Gasteiger partial charge in [-0.2, -0.15) is 0 Å². The van der Waals surface area contributed by atoms with E-state index in [-0.39, 0.29) is 29.0 Å². The first-order valence-corrected chi connectivity index (χ1v) is 7.90. The molecule has 0 spiro atoms. The lowest BCUT2D eigenvalue weighted by atomic mass is 9.90. The van der Waals surface area contributed by atoms with Crippen LogP contribution < -0.4 is 0 Å². The van der Waals surface area contributed by atoms with Crippen LogP contribution in [0.4, 0.5) is 0 Å². The van der Waals surface area contributed by atoms with Crippen LogP contribution in [0.3, 0.4) is 0 Å². The van der Waals surface area contributed by atoms with E-state index in [1.165, 1.54) is 0 Å². The van der Waals surface area contributed by atoms with Crippen LogP contribution in [0.25, 0.3) is 0 Å². The average molecular weight is 260 g/mol. The van der Waals surface area contributed by atoms with E-state index in [4.69, 9.17) is 4.74 Å². The van der Waals surface area contributed by atoms with Crippen molar-refractivity contribution in [2.45, 2.75) is 51.4 Å². The molecule has 1 saturated heterocycles. The average Bonchev–Trinajstić information content (AvgIpc) is 2.73. The number of carbonyl (C=O) groups excluding carboxylic acids is 1. The lowest BCUT2D eigenvalue weighted by molar-refractivity contribution is -0.161. The maximum absolute atomic E-state index is 11.9. The molecule has 5 heteroatoms. The molecule has 1 aliphatic carbocycles. The SMILES string of the molecule is CCC(C)(C)C(=O)OC1CC2CC1CS2(=O)=O. The predicted molar refractivity (Wildman–Crippen MR) is 64.3 cm³/mol. The van der Waals surface area contributed by atoms with Crippen molar-refractivity contribution in [3.05, 3.63) is 0 Å². The van der Waals surface area contributed by atoms with Crippen molar-refractivity contribution in [2.75, 3.05) is 5.75 Å². The molecule has 0 aromatic heterocycles. The maximum atomic E-state index is 11.9. The zero-order valence-corrected chi connectivity index (χ0v) is 11.4. The number of esters is 1. The van der Waals surface area contributed by atoms with Gasteiger partial charge in [0.25, 0.3) is 0 Å². The first kappa shape index (κ1) is 12.9. The van der Waals surface area contributed by atoms with Gasteiger partial charge in [-0.25, -0.2) is 8.42 Å². The van der Waals surface area contributed by atoms with Gasteiger partial charge in [0, 0.05) is 12.3 Å². The molecule has 2 fully saturated rings. The molecule has 0 amide bonds. The van der Waals surface area contributed by atoms with Crippen LogP contribution in [0.5, 0.6) is 0 Å². The molecule has 3 unspecified atom stereocenters. The van der Waals surface area contributed by atoms with E-state index >= 15 is 0 Å². The summed E-state index contributed by atoms with van der Waals surface area (Å²) in [5.41, 5.74) is -0.472. The summed E-state index contributed by atoms with van der Waals surface area (Å²) in [6.07, 6.45) is 1.72. The van der Waals surface area contributed by atoms with Crippen molar-refractivity contribution in [2.24, 2.45) is 11.3 Å². The highest BCUT2D eigenvalue weighted by Crippen LogP contribution is 2.42. The Labute approximate surface area is 103 Å². The summed E-state index contributed by atoms with van der Waals surface area (Å²) in [6.45, 7) is 5.67. The number of ether oxygens (including phenoxy) is 1. The van der Waals surface area contributed by atoms with E-state index in [0.29, 0.717) is 12.8 Å². The second-order valence-corrected chi connectivity index (χ2v) is 8.19. The Morgan fingerprint density at radius 3 is 2.41 bits per heavy atom. The molecule has 1 saturated carbocycles. The molecule has 0 aromatic carbocycles. The second-order valence-electron chi connectivity index (χ2n) is 5.86. The molecule has 17 heavy (non-hydrogen) atoms. The molecule has 0 radical (unpaired) electrons. The Hall–Kier alpha value is -0.580. The highest BCUT2D eigenvalue weighted by atomic mass is 32.2. The van der Waals surface area contributed by atoms with E-state index in [0.717, 1.165) is 6.42 Å². The molecule has 0 aromatic rings. The van der Waals surface area contributed by atoms with Crippen molar-refractivity contribution in [3.63, 3.8) is 0 Å². The summed E-state index contributed by atoms with van der Waals surface area (Å²) in [4.78, 5) is 11.9. The van der Waals surface area contributed by atoms with E-state index in [2.05, 4.69) is 0 Å². The van der Waals surface area contributed by atoms with Gasteiger partial charge in [-0.3, -0.25) is 4.79 Å². The third-order valence-electron chi connectivity index (χ3n) is 4.24. The molecular formula is C12H20O4S. The van der Waals surface area contributed by atoms with Gasteiger partial charge in [0.2, 0.25) is 0 Å². The highest BCUT2D eigenvalue weighted by Gasteiger charge is 2.51. The standard InChI is InChI=1S/C12H20O4S/c1-4-12(2,3)11(13)16-10-6-9-5-8(10)7-17(9,14)15/h8-10H,4-7H2,1-3H3. The zero-order chi connectivity index (χ0) is 12.8. The molecule has 1 heterocycles. The summed E-state index contributed by atoms with van der Waals surface area (Å²) in [6, 6.07) is 0. The first-order valence-electron chi connectivity index (χ1n) is 6.19. The minimum Gasteiger partial charge on any atom is -0.462 e. The monoisotopic (exact) mass is 260 g/mol. The van der Waals surface area contributed by atoms with Crippen molar-refractivity contribution in [1.29, 1.82) is 0 Å². The number of carbonyl (C=O) groups is 1. The van der Waals surface area contributed by atoms with Crippen LogP contribution in [0.2, 0.25) is 0 Å². The number of rotatable bonds is 3. The van der Waals surface area contributed by atoms with E-state index in [9.17, 15) is 13.2 Å². The summed E-state index contributed by atoms with van der Waals surface area (Å²) >= 11 is 0. The highest BCUT2D eigenvalue weighted by molar-refractivity contribution is 7.92. The molecular weight excluding hydrogens is 240 g/mol. The fourth-order valence-corrected chi connectivity index (χ4v) is 4.77. The number of hydrogen-bond donors (Lipinski definition) is 0. The first-order chi connectivity index (χ1) is 7.76. The fraction of sp³-hybridized carbons (Fsp3) is 0.917. The van der Waals surface area contributed by atoms with Gasteiger partial charge in [0.05, 0.1) is 16.4 Å². The molecule has 2 aliphatic rings. The van der Waals surface area contributed by atoms with Crippen LogP contribution >= 0.6 is 0 Å². The molecule has 0 N–H and O–H groups in total. The molecule has 4 nitrogen and oxygen atoms in total. The fourth-order valence-electron chi connectivity index (χ4n) is 2.53. The van der Waals surface area contributed by atoms with Crippen molar-refractivity contribution >= 4 is 15.8 Å². The number of hydrogen-bond acceptors (Lipinski definition) is 4. The Morgan fingerprint density at radius 1 is 1.35 bits per heavy atom. The minimum atomic E-state index is -2.89. The van der Waals surface area contributed by atoms with E-state index < -0.39 is 15.3 Å². The van der Waals surface area contributed by atoms with Crippen LogP contribution in [0, 0.1) is 11.3 Å². The van der Waals surface area contributed by atoms with Crippen molar-refractivity contribution in [3.8, 4) is 0 Å². The number of sulfone groups is 1. The topological polar surface area (TPSA) is 60.4 Å². The maximum Gasteiger partial charge on any atom is 0.311 e. The molecule has 3 atom stereocenters. The third-order valence-corrected chi connectivity index (χ3v) is 6.53.